The van der Waals surface area contributed by atoms with Gasteiger partial charge in [0, 0.05) is 36.2 Å². The summed E-state index contributed by atoms with van der Waals surface area (Å²) >= 11 is 7.82. The number of ether oxygens (including phenoxy) is 1. The molecule has 1 atom stereocenters. The molecular formula is C14H20ClNO2S. The molecule has 1 N–H and O–H groups in total. The maximum Gasteiger partial charge on any atom is 0.0757 e. The van der Waals surface area contributed by atoms with Crippen LogP contribution in [0.3, 0.4) is 0 Å². The third kappa shape index (κ3) is 5.32. The first kappa shape index (κ1) is 15.1. The van der Waals surface area contributed by atoms with E-state index >= 15 is 0 Å². The van der Waals surface area contributed by atoms with Crippen molar-refractivity contribution in [3.63, 3.8) is 0 Å². The minimum absolute atomic E-state index is 0.286. The van der Waals surface area contributed by atoms with E-state index in [1.54, 1.807) is 11.8 Å². The van der Waals surface area contributed by atoms with Gasteiger partial charge in [0.2, 0.25) is 0 Å². The predicted octanol–water partition coefficient (Wildman–Crippen LogP) is 2.27. The molecule has 1 aromatic carbocycles. The molecule has 0 radical (unpaired) electrons. The molecule has 0 unspecified atom stereocenters. The number of halogens is 1. The second-order valence-corrected chi connectivity index (χ2v) is 6.11. The van der Waals surface area contributed by atoms with Gasteiger partial charge in [0.05, 0.1) is 19.3 Å². The highest BCUT2D eigenvalue weighted by atomic mass is 35.5. The van der Waals surface area contributed by atoms with Crippen LogP contribution in [0.25, 0.3) is 0 Å². The van der Waals surface area contributed by atoms with Crippen LogP contribution < -0.4 is 0 Å². The lowest BCUT2D eigenvalue weighted by Gasteiger charge is -2.28. The van der Waals surface area contributed by atoms with E-state index in [0.717, 1.165) is 54.9 Å². The normalized spacial score (nSPS) is 18.4. The van der Waals surface area contributed by atoms with Crippen molar-refractivity contribution in [2.45, 2.75) is 11.9 Å². The summed E-state index contributed by atoms with van der Waals surface area (Å²) in [4.78, 5) is 2.25. The molecule has 1 aliphatic heterocycles. The molecule has 1 heterocycles. The van der Waals surface area contributed by atoms with Crippen LogP contribution in [0, 0.1) is 0 Å². The van der Waals surface area contributed by atoms with E-state index in [-0.39, 0.29) is 6.10 Å². The Morgan fingerprint density at radius 3 is 2.79 bits per heavy atom. The monoisotopic (exact) mass is 301 g/mol. The van der Waals surface area contributed by atoms with Crippen molar-refractivity contribution in [1.82, 2.24) is 4.90 Å². The summed E-state index contributed by atoms with van der Waals surface area (Å²) in [7, 11) is 0. The van der Waals surface area contributed by atoms with Gasteiger partial charge in [0.15, 0.2) is 0 Å². The number of hydrogen-bond acceptors (Lipinski definition) is 4. The van der Waals surface area contributed by atoms with E-state index in [2.05, 4.69) is 4.90 Å². The van der Waals surface area contributed by atoms with Gasteiger partial charge in [-0.3, -0.25) is 4.90 Å². The van der Waals surface area contributed by atoms with Gasteiger partial charge < -0.3 is 9.84 Å². The van der Waals surface area contributed by atoms with E-state index in [1.807, 2.05) is 24.3 Å². The largest absolute Gasteiger partial charge is 0.391 e. The molecule has 0 aliphatic carbocycles. The summed E-state index contributed by atoms with van der Waals surface area (Å²) in [5.41, 5.74) is 1.13. The average molecular weight is 302 g/mol. The molecule has 1 fully saturated rings. The van der Waals surface area contributed by atoms with Crippen LogP contribution in [0.4, 0.5) is 0 Å². The number of benzene rings is 1. The highest BCUT2D eigenvalue weighted by Gasteiger charge is 2.14. The second kappa shape index (κ2) is 8.12. The minimum atomic E-state index is -0.286. The standard InChI is InChI=1S/C14H20ClNO2S/c15-14-4-2-1-3-12(14)10-19-11-13(17)9-16-5-7-18-8-6-16/h1-4,13,17H,5-11H2/t13-/m0/s1. The highest BCUT2D eigenvalue weighted by Crippen LogP contribution is 2.21. The van der Waals surface area contributed by atoms with Crippen molar-refractivity contribution in [1.29, 1.82) is 0 Å². The lowest BCUT2D eigenvalue weighted by Crippen LogP contribution is -2.41. The molecule has 1 aliphatic rings. The van der Waals surface area contributed by atoms with Crippen molar-refractivity contribution in [2.75, 3.05) is 38.6 Å². The molecule has 1 aromatic rings. The molecule has 0 aromatic heterocycles. The molecule has 3 nitrogen and oxygen atoms in total. The van der Waals surface area contributed by atoms with E-state index < -0.39 is 0 Å². The zero-order chi connectivity index (χ0) is 13.5. The van der Waals surface area contributed by atoms with Crippen molar-refractivity contribution in [3.05, 3.63) is 34.9 Å². The van der Waals surface area contributed by atoms with Gasteiger partial charge in [0.25, 0.3) is 0 Å². The third-order valence-corrected chi connectivity index (χ3v) is 4.60. The molecule has 0 saturated carbocycles. The number of rotatable bonds is 6. The fourth-order valence-electron chi connectivity index (χ4n) is 2.05. The van der Waals surface area contributed by atoms with Gasteiger partial charge in [-0.25, -0.2) is 0 Å². The summed E-state index contributed by atoms with van der Waals surface area (Å²) < 4.78 is 5.29. The second-order valence-electron chi connectivity index (χ2n) is 4.67. The predicted molar refractivity (Wildman–Crippen MR) is 80.9 cm³/mol. The Hall–Kier alpha value is -0.260. The first-order valence-corrected chi connectivity index (χ1v) is 8.08. The maximum absolute atomic E-state index is 10.0. The molecular weight excluding hydrogens is 282 g/mol. The molecule has 0 bridgehead atoms. The number of thioether (sulfide) groups is 1. The topological polar surface area (TPSA) is 32.7 Å². The van der Waals surface area contributed by atoms with E-state index in [0.29, 0.717) is 0 Å². The highest BCUT2D eigenvalue weighted by molar-refractivity contribution is 7.98. The van der Waals surface area contributed by atoms with Crippen molar-refractivity contribution in [2.24, 2.45) is 0 Å². The smallest absolute Gasteiger partial charge is 0.0757 e. The number of aliphatic hydroxyl groups is 1. The number of β-amino-alcohol motifs (C(OH)–C–C–N with tert-alkyl or cyclic N) is 1. The zero-order valence-electron chi connectivity index (χ0n) is 10.9. The fraction of sp³-hybridized carbons (Fsp3) is 0.571. The molecule has 0 amide bonds. The van der Waals surface area contributed by atoms with Crippen LogP contribution >= 0.6 is 23.4 Å². The summed E-state index contributed by atoms with van der Waals surface area (Å²) in [6.45, 7) is 4.14. The van der Waals surface area contributed by atoms with Crippen LogP contribution in [0.5, 0.6) is 0 Å². The summed E-state index contributed by atoms with van der Waals surface area (Å²) in [5, 5.41) is 10.8. The Kier molecular flexibility index (Phi) is 6.47. The first-order valence-electron chi connectivity index (χ1n) is 6.55. The van der Waals surface area contributed by atoms with Crippen LogP contribution in [-0.2, 0) is 10.5 Å². The first-order chi connectivity index (χ1) is 9.25. The Morgan fingerprint density at radius 1 is 1.32 bits per heavy atom. The molecule has 0 spiro atoms. The van der Waals surface area contributed by atoms with E-state index in [9.17, 15) is 5.11 Å². The Balaban J connectivity index is 1.66. The average Bonchev–Trinajstić information content (AvgIpc) is 2.42. The number of aliphatic hydroxyl groups excluding tert-OH is 1. The number of morpholine rings is 1. The van der Waals surface area contributed by atoms with E-state index in [1.165, 1.54) is 0 Å². The molecule has 19 heavy (non-hydrogen) atoms. The summed E-state index contributed by atoms with van der Waals surface area (Å²) in [6, 6.07) is 7.86. The van der Waals surface area contributed by atoms with Crippen LogP contribution in [0.1, 0.15) is 5.56 Å². The van der Waals surface area contributed by atoms with Gasteiger partial charge in [0.1, 0.15) is 0 Å². The van der Waals surface area contributed by atoms with Gasteiger partial charge in [-0.2, -0.15) is 11.8 Å². The zero-order valence-corrected chi connectivity index (χ0v) is 12.5. The molecule has 106 valence electrons. The number of hydrogen-bond donors (Lipinski definition) is 1. The molecule has 1 saturated heterocycles. The van der Waals surface area contributed by atoms with Crippen molar-refractivity contribution in [3.8, 4) is 0 Å². The Bertz CT molecular complexity index is 385. The van der Waals surface area contributed by atoms with Gasteiger partial charge in [-0.05, 0) is 11.6 Å². The third-order valence-electron chi connectivity index (χ3n) is 3.10. The maximum atomic E-state index is 10.0. The van der Waals surface area contributed by atoms with Gasteiger partial charge in [-0.1, -0.05) is 29.8 Å². The lowest BCUT2D eigenvalue weighted by atomic mass is 10.2. The van der Waals surface area contributed by atoms with E-state index in [4.69, 9.17) is 16.3 Å². The van der Waals surface area contributed by atoms with Crippen LogP contribution in [0.15, 0.2) is 24.3 Å². The SMILES string of the molecule is O[C@H](CSCc1ccccc1Cl)CN1CCOCC1. The van der Waals surface area contributed by atoms with Gasteiger partial charge >= 0.3 is 0 Å². The minimum Gasteiger partial charge on any atom is -0.391 e. The Morgan fingerprint density at radius 2 is 2.05 bits per heavy atom. The van der Waals surface area contributed by atoms with Crippen LogP contribution in [-0.4, -0.2) is 54.7 Å². The Labute approximate surface area is 123 Å². The molecule has 2 rings (SSSR count). The van der Waals surface area contributed by atoms with Crippen molar-refractivity contribution >= 4 is 23.4 Å². The van der Waals surface area contributed by atoms with Gasteiger partial charge in [-0.15, -0.1) is 0 Å². The lowest BCUT2D eigenvalue weighted by molar-refractivity contribution is 0.0188. The number of nitrogens with zero attached hydrogens (tertiary/aromatic N) is 1. The fourth-order valence-corrected chi connectivity index (χ4v) is 3.30. The summed E-state index contributed by atoms with van der Waals surface area (Å²) in [6.07, 6.45) is -0.286. The quantitative estimate of drug-likeness (QED) is 0.874. The summed E-state index contributed by atoms with van der Waals surface area (Å²) in [5.74, 6) is 1.59. The van der Waals surface area contributed by atoms with Crippen LogP contribution in [0.2, 0.25) is 5.02 Å². The van der Waals surface area contributed by atoms with Crippen molar-refractivity contribution < 1.29 is 9.84 Å². The molecule has 5 heteroatoms.